The molecule has 2 aromatic rings. The van der Waals surface area contributed by atoms with E-state index in [1.165, 1.54) is 0 Å². The van der Waals surface area contributed by atoms with Gasteiger partial charge < -0.3 is 14.6 Å². The average molecular weight is 302 g/mol. The number of carbonyl (C=O) groups is 1. The van der Waals surface area contributed by atoms with E-state index in [1.54, 1.807) is 12.4 Å². The van der Waals surface area contributed by atoms with Crippen LogP contribution in [-0.2, 0) is 16.0 Å². The predicted octanol–water partition coefficient (Wildman–Crippen LogP) is 1.22. The van der Waals surface area contributed by atoms with Gasteiger partial charge in [0.2, 0.25) is 17.6 Å². The third kappa shape index (κ3) is 3.88. The highest BCUT2D eigenvalue weighted by atomic mass is 16.5. The van der Waals surface area contributed by atoms with Gasteiger partial charge in [-0.25, -0.2) is 0 Å². The topological polar surface area (TPSA) is 90.1 Å². The van der Waals surface area contributed by atoms with Crippen LogP contribution in [0.25, 0.3) is 11.4 Å². The number of nitrogens with one attached hydrogen (secondary N) is 1. The largest absolute Gasteiger partial charge is 0.381 e. The van der Waals surface area contributed by atoms with Crippen LogP contribution in [0.5, 0.6) is 0 Å². The van der Waals surface area contributed by atoms with E-state index >= 15 is 0 Å². The highest BCUT2D eigenvalue weighted by molar-refractivity contribution is 5.76. The predicted molar refractivity (Wildman–Crippen MR) is 77.8 cm³/mol. The van der Waals surface area contributed by atoms with E-state index in [-0.39, 0.29) is 5.91 Å². The Morgan fingerprint density at radius 1 is 1.36 bits per heavy atom. The lowest BCUT2D eigenvalue weighted by atomic mass is 10.1. The molecule has 7 heteroatoms. The van der Waals surface area contributed by atoms with Crippen LogP contribution < -0.4 is 5.32 Å². The third-order valence-electron chi connectivity index (χ3n) is 3.58. The first kappa shape index (κ1) is 14.6. The standard InChI is InChI=1S/C15H18N4O3/c20-13(17-9-11-5-8-21-10-11)1-2-14-18-15(19-22-14)12-3-6-16-7-4-12/h3-4,6-7,11H,1-2,5,8-10H2,(H,17,20)/t11-/m0/s1. The molecule has 1 N–H and O–H groups in total. The Balaban J connectivity index is 1.45. The Morgan fingerprint density at radius 2 is 2.23 bits per heavy atom. The first-order valence-electron chi connectivity index (χ1n) is 7.38. The molecule has 1 atom stereocenters. The highest BCUT2D eigenvalue weighted by Crippen LogP contribution is 2.14. The van der Waals surface area contributed by atoms with Crippen molar-refractivity contribution in [3.8, 4) is 11.4 Å². The molecule has 1 saturated heterocycles. The molecular formula is C15H18N4O3. The number of carbonyl (C=O) groups excluding carboxylic acids is 1. The highest BCUT2D eigenvalue weighted by Gasteiger charge is 2.16. The van der Waals surface area contributed by atoms with Crippen LogP contribution in [0, 0.1) is 5.92 Å². The monoisotopic (exact) mass is 302 g/mol. The zero-order valence-electron chi connectivity index (χ0n) is 12.2. The van der Waals surface area contributed by atoms with Gasteiger partial charge >= 0.3 is 0 Å². The quantitative estimate of drug-likeness (QED) is 0.862. The number of ether oxygens (including phenoxy) is 1. The molecular weight excluding hydrogens is 284 g/mol. The van der Waals surface area contributed by atoms with E-state index in [0.29, 0.717) is 37.0 Å². The molecule has 1 aliphatic rings. The van der Waals surface area contributed by atoms with Crippen molar-refractivity contribution in [2.45, 2.75) is 19.3 Å². The Labute approximate surface area is 128 Å². The summed E-state index contributed by atoms with van der Waals surface area (Å²) in [7, 11) is 0. The van der Waals surface area contributed by atoms with E-state index in [9.17, 15) is 4.79 Å². The molecule has 0 bridgehead atoms. The minimum atomic E-state index is -0.00411. The Bertz CT molecular complexity index is 608. The van der Waals surface area contributed by atoms with E-state index in [0.717, 1.165) is 25.2 Å². The number of rotatable bonds is 6. The summed E-state index contributed by atoms with van der Waals surface area (Å²) in [5.41, 5.74) is 0.843. The maximum atomic E-state index is 11.8. The molecule has 0 saturated carbocycles. The molecule has 0 aromatic carbocycles. The summed E-state index contributed by atoms with van der Waals surface area (Å²) in [5, 5.41) is 6.83. The number of hydrogen-bond donors (Lipinski definition) is 1. The van der Waals surface area contributed by atoms with Crippen molar-refractivity contribution >= 4 is 5.91 Å². The first-order valence-corrected chi connectivity index (χ1v) is 7.38. The summed E-state index contributed by atoms with van der Waals surface area (Å²) >= 11 is 0. The fourth-order valence-corrected chi connectivity index (χ4v) is 2.29. The van der Waals surface area contributed by atoms with Crippen LogP contribution in [-0.4, -0.2) is 40.8 Å². The molecule has 3 heterocycles. The summed E-state index contributed by atoms with van der Waals surface area (Å²) in [6.07, 6.45) is 5.13. The number of aromatic nitrogens is 3. The van der Waals surface area contributed by atoms with E-state index in [4.69, 9.17) is 9.26 Å². The molecule has 116 valence electrons. The maximum absolute atomic E-state index is 11.8. The van der Waals surface area contributed by atoms with Crippen molar-refractivity contribution in [3.05, 3.63) is 30.4 Å². The van der Waals surface area contributed by atoms with Crippen LogP contribution in [0.2, 0.25) is 0 Å². The van der Waals surface area contributed by atoms with Gasteiger partial charge in [-0.15, -0.1) is 0 Å². The van der Waals surface area contributed by atoms with Gasteiger partial charge in [0, 0.05) is 49.9 Å². The van der Waals surface area contributed by atoms with Gasteiger partial charge in [-0.2, -0.15) is 4.98 Å². The molecule has 3 rings (SSSR count). The van der Waals surface area contributed by atoms with Crippen molar-refractivity contribution in [1.29, 1.82) is 0 Å². The molecule has 1 fully saturated rings. The average Bonchev–Trinajstić information content (AvgIpc) is 3.23. The number of hydrogen-bond acceptors (Lipinski definition) is 6. The van der Waals surface area contributed by atoms with Gasteiger partial charge in [-0.05, 0) is 18.6 Å². The Kier molecular flexibility index (Phi) is 4.75. The van der Waals surface area contributed by atoms with Crippen molar-refractivity contribution < 1.29 is 14.1 Å². The lowest BCUT2D eigenvalue weighted by molar-refractivity contribution is -0.121. The second-order valence-corrected chi connectivity index (χ2v) is 5.28. The van der Waals surface area contributed by atoms with Gasteiger partial charge in [0.1, 0.15) is 0 Å². The zero-order chi connectivity index (χ0) is 15.2. The van der Waals surface area contributed by atoms with E-state index in [2.05, 4.69) is 20.4 Å². The molecule has 0 unspecified atom stereocenters. The summed E-state index contributed by atoms with van der Waals surface area (Å²) in [4.78, 5) is 20.0. The lowest BCUT2D eigenvalue weighted by Crippen LogP contribution is -2.29. The van der Waals surface area contributed by atoms with E-state index < -0.39 is 0 Å². The third-order valence-corrected chi connectivity index (χ3v) is 3.58. The smallest absolute Gasteiger partial charge is 0.227 e. The van der Waals surface area contributed by atoms with Crippen molar-refractivity contribution in [1.82, 2.24) is 20.4 Å². The Hall–Kier alpha value is -2.28. The fourth-order valence-electron chi connectivity index (χ4n) is 2.29. The van der Waals surface area contributed by atoms with Gasteiger partial charge in [0.15, 0.2) is 0 Å². The van der Waals surface area contributed by atoms with Crippen molar-refractivity contribution in [2.75, 3.05) is 19.8 Å². The molecule has 7 nitrogen and oxygen atoms in total. The van der Waals surface area contributed by atoms with Crippen LogP contribution in [0.1, 0.15) is 18.7 Å². The van der Waals surface area contributed by atoms with Crippen molar-refractivity contribution in [3.63, 3.8) is 0 Å². The molecule has 0 radical (unpaired) electrons. The molecule has 2 aromatic heterocycles. The van der Waals surface area contributed by atoms with Gasteiger partial charge in [-0.3, -0.25) is 9.78 Å². The minimum absolute atomic E-state index is 0.00411. The summed E-state index contributed by atoms with van der Waals surface area (Å²) in [5.74, 6) is 1.41. The summed E-state index contributed by atoms with van der Waals surface area (Å²) in [6.45, 7) is 2.20. The van der Waals surface area contributed by atoms with Crippen LogP contribution in [0.15, 0.2) is 29.0 Å². The van der Waals surface area contributed by atoms with Crippen LogP contribution >= 0.6 is 0 Å². The zero-order valence-corrected chi connectivity index (χ0v) is 12.2. The van der Waals surface area contributed by atoms with E-state index in [1.807, 2.05) is 12.1 Å². The second-order valence-electron chi connectivity index (χ2n) is 5.28. The van der Waals surface area contributed by atoms with Crippen molar-refractivity contribution in [2.24, 2.45) is 5.92 Å². The summed E-state index contributed by atoms with van der Waals surface area (Å²) in [6, 6.07) is 3.62. The molecule has 0 spiro atoms. The van der Waals surface area contributed by atoms with Gasteiger partial charge in [0.25, 0.3) is 0 Å². The number of aryl methyl sites for hydroxylation is 1. The number of pyridine rings is 1. The van der Waals surface area contributed by atoms with Gasteiger partial charge in [-0.1, -0.05) is 5.16 Å². The SMILES string of the molecule is O=C(CCc1nc(-c2ccncc2)no1)NC[C@@H]1CCOC1. The number of amides is 1. The molecule has 1 aliphatic heterocycles. The first-order chi connectivity index (χ1) is 10.8. The van der Waals surface area contributed by atoms with Crippen LogP contribution in [0.3, 0.4) is 0 Å². The molecule has 22 heavy (non-hydrogen) atoms. The Morgan fingerprint density at radius 3 is 3.00 bits per heavy atom. The normalized spacial score (nSPS) is 17.5. The van der Waals surface area contributed by atoms with Crippen LogP contribution in [0.4, 0.5) is 0 Å². The molecule has 0 aliphatic carbocycles. The lowest BCUT2D eigenvalue weighted by Gasteiger charge is -2.08. The summed E-state index contributed by atoms with van der Waals surface area (Å²) < 4.78 is 10.4. The minimum Gasteiger partial charge on any atom is -0.381 e. The fraction of sp³-hybridized carbons (Fsp3) is 0.467. The number of nitrogens with zero attached hydrogens (tertiary/aromatic N) is 3. The van der Waals surface area contributed by atoms with Gasteiger partial charge in [0.05, 0.1) is 6.61 Å². The second kappa shape index (κ2) is 7.13. The molecule has 1 amide bonds. The maximum Gasteiger partial charge on any atom is 0.227 e.